The molecule has 3 aromatic rings. The number of fused-ring (bicyclic) bond motifs is 1. The topological polar surface area (TPSA) is 98.7 Å². The quantitative estimate of drug-likeness (QED) is 0.265. The van der Waals surface area contributed by atoms with Gasteiger partial charge in [-0.3, -0.25) is 19.8 Å². The lowest BCUT2D eigenvalue weighted by molar-refractivity contribution is 0.102. The number of nitrogens with one attached hydrogen (secondary N) is 2. The Morgan fingerprint density at radius 1 is 1.15 bits per heavy atom. The van der Waals surface area contributed by atoms with Gasteiger partial charge in [0.15, 0.2) is 5.69 Å². The molecule has 0 saturated carbocycles. The van der Waals surface area contributed by atoms with Crippen molar-refractivity contribution in [2.45, 2.75) is 51.6 Å². The average molecular weight is 556 g/mol. The zero-order valence-corrected chi connectivity index (χ0v) is 24.2. The number of piperidine rings is 1. The fourth-order valence-electron chi connectivity index (χ4n) is 5.58. The van der Waals surface area contributed by atoms with Crippen molar-refractivity contribution in [2.24, 2.45) is 4.99 Å². The zero-order valence-electron chi connectivity index (χ0n) is 24.2. The van der Waals surface area contributed by atoms with E-state index in [0.29, 0.717) is 17.3 Å². The molecule has 1 aromatic carbocycles. The van der Waals surface area contributed by atoms with Crippen molar-refractivity contribution >= 4 is 34.8 Å². The van der Waals surface area contributed by atoms with Crippen LogP contribution in [0, 0.1) is 0 Å². The first-order valence-corrected chi connectivity index (χ1v) is 14.6. The number of rotatable bonds is 9. The number of nitrogens with zero attached hydrogens (tertiary/aromatic N) is 5. The third-order valence-corrected chi connectivity index (χ3v) is 7.94. The average Bonchev–Trinajstić information content (AvgIpc) is 3.23. The molecule has 0 bridgehead atoms. The van der Waals surface area contributed by atoms with Crippen molar-refractivity contribution in [3.63, 3.8) is 0 Å². The van der Waals surface area contributed by atoms with Gasteiger partial charge in [0.1, 0.15) is 6.10 Å². The second-order valence-corrected chi connectivity index (χ2v) is 11.2. The molecule has 9 heteroatoms. The number of pyridine rings is 1. The van der Waals surface area contributed by atoms with E-state index >= 15 is 0 Å². The number of amides is 1. The summed E-state index contributed by atoms with van der Waals surface area (Å²) in [4.78, 5) is 26.5. The Balaban J connectivity index is 1.27. The Morgan fingerprint density at radius 3 is 2.63 bits per heavy atom. The first kappa shape index (κ1) is 28.7. The fourth-order valence-corrected chi connectivity index (χ4v) is 5.58. The molecule has 0 unspecified atom stereocenters. The Morgan fingerprint density at radius 2 is 1.93 bits per heavy atom. The van der Waals surface area contributed by atoms with E-state index in [4.69, 9.17) is 4.74 Å². The number of aliphatic imine (C=N–C) groups is 1. The molecule has 2 fully saturated rings. The molecule has 2 aliphatic heterocycles. The molecule has 0 aliphatic carbocycles. The maximum atomic E-state index is 13.2. The van der Waals surface area contributed by atoms with Crippen LogP contribution in [0.1, 0.15) is 61.5 Å². The molecule has 2 N–H and O–H groups in total. The number of carbonyl (C=O) groups is 1. The highest BCUT2D eigenvalue weighted by atomic mass is 16.5. The monoisotopic (exact) mass is 555 g/mol. The number of H-pyrrole nitrogens is 1. The lowest BCUT2D eigenvalue weighted by Gasteiger charge is -2.28. The van der Waals surface area contributed by atoms with Crippen LogP contribution in [0.5, 0.6) is 5.88 Å². The fraction of sp³-hybridized carbons (Fsp3) is 0.438. The number of likely N-dealkylation sites (tertiary alicyclic amines) is 2. The van der Waals surface area contributed by atoms with E-state index in [9.17, 15) is 4.79 Å². The second kappa shape index (κ2) is 13.7. The van der Waals surface area contributed by atoms with Crippen LogP contribution in [0.4, 0.5) is 5.69 Å². The predicted molar refractivity (Wildman–Crippen MR) is 166 cm³/mol. The summed E-state index contributed by atoms with van der Waals surface area (Å²) in [5, 5.41) is 11.0. The molecule has 2 saturated heterocycles. The van der Waals surface area contributed by atoms with Crippen molar-refractivity contribution in [3.8, 4) is 5.88 Å². The summed E-state index contributed by atoms with van der Waals surface area (Å²) in [5.41, 5.74) is 4.98. The number of aromatic nitrogens is 3. The minimum atomic E-state index is -0.293. The van der Waals surface area contributed by atoms with Gasteiger partial charge in [0.25, 0.3) is 5.91 Å². The summed E-state index contributed by atoms with van der Waals surface area (Å²) in [6.07, 6.45) is 12.9. The molecule has 2 aromatic heterocycles. The third kappa shape index (κ3) is 7.68. The summed E-state index contributed by atoms with van der Waals surface area (Å²) in [6, 6.07) is 9.64. The van der Waals surface area contributed by atoms with Gasteiger partial charge >= 0.3 is 0 Å². The number of hydrogen-bond acceptors (Lipinski definition) is 7. The highest BCUT2D eigenvalue weighted by Crippen LogP contribution is 2.25. The minimum Gasteiger partial charge on any atom is -0.474 e. The highest BCUT2D eigenvalue weighted by molar-refractivity contribution is 6.11. The standard InChI is InChI=1S/C32H41N7O2/c1-23(18-24(20-33-2)22-39-14-6-4-5-7-15-39)25-8-10-29-28(19-25)31(37-36-29)32(40)35-26-9-11-30(34-21-26)41-27-12-16-38(3)17-13-27/h8-11,18-21,27H,2,4-7,12-17,22H2,1,3H3,(H,35,40)(H,36,37)/b23-18+,24-20+. The summed E-state index contributed by atoms with van der Waals surface area (Å²) in [6.45, 7) is 10.9. The minimum absolute atomic E-state index is 0.176. The van der Waals surface area contributed by atoms with Gasteiger partial charge in [0, 0.05) is 37.3 Å². The lowest BCUT2D eigenvalue weighted by Crippen LogP contribution is -2.35. The molecule has 216 valence electrons. The van der Waals surface area contributed by atoms with Crippen molar-refractivity contribution in [1.82, 2.24) is 25.0 Å². The molecule has 0 radical (unpaired) electrons. The smallest absolute Gasteiger partial charge is 0.276 e. The van der Waals surface area contributed by atoms with Gasteiger partial charge in [-0.15, -0.1) is 0 Å². The molecule has 4 heterocycles. The van der Waals surface area contributed by atoms with Gasteiger partial charge in [-0.05, 0) is 94.4 Å². The molecule has 1 amide bonds. The van der Waals surface area contributed by atoms with Gasteiger partial charge in [0.05, 0.1) is 17.4 Å². The molecule has 0 spiro atoms. The number of aromatic amines is 1. The Labute approximate surface area is 242 Å². The van der Waals surface area contributed by atoms with E-state index in [1.807, 2.05) is 30.5 Å². The molecular weight excluding hydrogens is 514 g/mol. The van der Waals surface area contributed by atoms with Crippen LogP contribution in [0.2, 0.25) is 0 Å². The van der Waals surface area contributed by atoms with E-state index in [2.05, 4.69) is 62.1 Å². The van der Waals surface area contributed by atoms with Gasteiger partial charge in [0.2, 0.25) is 5.88 Å². The summed E-state index contributed by atoms with van der Waals surface area (Å²) < 4.78 is 6.03. The molecule has 41 heavy (non-hydrogen) atoms. The van der Waals surface area contributed by atoms with Crippen LogP contribution in [-0.2, 0) is 0 Å². The van der Waals surface area contributed by atoms with Crippen LogP contribution in [0.3, 0.4) is 0 Å². The maximum Gasteiger partial charge on any atom is 0.276 e. The molecular formula is C32H41N7O2. The van der Waals surface area contributed by atoms with Crippen LogP contribution in [-0.4, -0.2) is 83.5 Å². The number of benzene rings is 1. The number of anilines is 1. The van der Waals surface area contributed by atoms with Gasteiger partial charge in [-0.1, -0.05) is 25.0 Å². The predicted octanol–water partition coefficient (Wildman–Crippen LogP) is 5.55. The van der Waals surface area contributed by atoms with E-state index in [-0.39, 0.29) is 12.0 Å². The van der Waals surface area contributed by atoms with Crippen molar-refractivity contribution in [3.05, 3.63) is 65.6 Å². The Hall–Kier alpha value is -3.82. The third-order valence-electron chi connectivity index (χ3n) is 7.94. The van der Waals surface area contributed by atoms with E-state index in [1.165, 1.54) is 25.7 Å². The Kier molecular flexibility index (Phi) is 9.59. The molecule has 2 aliphatic rings. The summed E-state index contributed by atoms with van der Waals surface area (Å²) >= 11 is 0. The van der Waals surface area contributed by atoms with Gasteiger partial charge < -0.3 is 15.0 Å². The van der Waals surface area contributed by atoms with Crippen LogP contribution in [0.25, 0.3) is 16.5 Å². The van der Waals surface area contributed by atoms with Gasteiger partial charge in [-0.2, -0.15) is 5.10 Å². The van der Waals surface area contributed by atoms with E-state index in [0.717, 1.165) is 73.2 Å². The number of hydrogen-bond donors (Lipinski definition) is 2. The van der Waals surface area contributed by atoms with Crippen LogP contribution >= 0.6 is 0 Å². The number of allylic oxidation sites excluding steroid dienone is 1. The first-order chi connectivity index (χ1) is 20.0. The Bertz CT molecular complexity index is 1390. The van der Waals surface area contributed by atoms with Gasteiger partial charge in [-0.25, -0.2) is 4.98 Å². The van der Waals surface area contributed by atoms with E-state index < -0.39 is 0 Å². The zero-order chi connectivity index (χ0) is 28.6. The van der Waals surface area contributed by atoms with Crippen LogP contribution in [0.15, 0.2) is 59.4 Å². The summed E-state index contributed by atoms with van der Waals surface area (Å²) in [7, 11) is 2.13. The number of ether oxygens (including phenoxy) is 1. The van der Waals surface area contributed by atoms with Crippen molar-refractivity contribution in [1.29, 1.82) is 0 Å². The maximum absolute atomic E-state index is 13.2. The highest BCUT2D eigenvalue weighted by Gasteiger charge is 2.19. The second-order valence-electron chi connectivity index (χ2n) is 11.2. The molecule has 5 rings (SSSR count). The largest absolute Gasteiger partial charge is 0.474 e. The number of carbonyl (C=O) groups excluding carboxylic acids is 1. The van der Waals surface area contributed by atoms with Crippen LogP contribution < -0.4 is 10.1 Å². The summed E-state index contributed by atoms with van der Waals surface area (Å²) in [5.74, 6) is 0.281. The lowest BCUT2D eigenvalue weighted by atomic mass is 10.0. The SMILES string of the molecule is C=N/C=C(\C=C(/C)c1ccc2[nH]nc(C(=O)Nc3ccc(OC4CCN(C)CC4)nc3)c2c1)CN1CCCCCC1. The van der Waals surface area contributed by atoms with Crippen molar-refractivity contribution < 1.29 is 9.53 Å². The van der Waals surface area contributed by atoms with E-state index in [1.54, 1.807) is 12.3 Å². The first-order valence-electron chi connectivity index (χ1n) is 14.6. The molecule has 0 atom stereocenters. The van der Waals surface area contributed by atoms with Crippen molar-refractivity contribution in [2.75, 3.05) is 45.1 Å². The molecule has 9 nitrogen and oxygen atoms in total. The normalized spacial score (nSPS) is 18.3.